The minimum Gasteiger partial charge on any atom is -0.444 e. The number of nitrogens with one attached hydrogen (secondary N) is 1. The molecule has 1 unspecified atom stereocenters. The van der Waals surface area contributed by atoms with E-state index in [2.05, 4.69) is 10.2 Å². The van der Waals surface area contributed by atoms with Crippen LogP contribution in [0.3, 0.4) is 0 Å². The van der Waals surface area contributed by atoms with E-state index in [1.807, 2.05) is 26.8 Å². The second kappa shape index (κ2) is 11.1. The summed E-state index contributed by atoms with van der Waals surface area (Å²) in [4.78, 5) is 44.3. The molecule has 9 nitrogen and oxygen atoms in total. The molecular formula is C27H40N4O5. The maximum atomic E-state index is 13.8. The van der Waals surface area contributed by atoms with Gasteiger partial charge in [0.2, 0.25) is 5.91 Å². The predicted octanol–water partition coefficient (Wildman–Crippen LogP) is 3.47. The molecular weight excluding hydrogens is 460 g/mol. The molecule has 1 aromatic carbocycles. The largest absolute Gasteiger partial charge is 0.444 e. The summed E-state index contributed by atoms with van der Waals surface area (Å²) in [5.41, 5.74) is 1.47. The molecule has 0 bridgehead atoms. The number of carbonyl (C=O) groups excluding carboxylic acids is 3. The van der Waals surface area contributed by atoms with Crippen LogP contribution in [0.25, 0.3) is 0 Å². The van der Waals surface area contributed by atoms with Crippen LogP contribution in [-0.4, -0.2) is 83.8 Å². The Morgan fingerprint density at radius 1 is 1.03 bits per heavy atom. The Hall–Kier alpha value is -2.81. The van der Waals surface area contributed by atoms with Crippen LogP contribution in [0.1, 0.15) is 69.7 Å². The van der Waals surface area contributed by atoms with Crippen molar-refractivity contribution in [2.24, 2.45) is 5.92 Å². The second-order valence-electron chi connectivity index (χ2n) is 11.2. The van der Waals surface area contributed by atoms with Crippen LogP contribution in [0.15, 0.2) is 18.2 Å². The molecule has 0 aromatic heterocycles. The van der Waals surface area contributed by atoms with Gasteiger partial charge < -0.3 is 29.9 Å². The SMILES string of the molecule is CC(C)(C)OC(=O)N1CCN(C(=O)c2ccc(NC(=O)C3CC3)cc2N2CCCCCC2)C(CO)C1. The van der Waals surface area contributed by atoms with E-state index in [1.165, 1.54) is 0 Å². The number of piperazine rings is 1. The lowest BCUT2D eigenvalue weighted by molar-refractivity contribution is -0.117. The van der Waals surface area contributed by atoms with Gasteiger partial charge in [0.1, 0.15) is 5.60 Å². The fourth-order valence-corrected chi connectivity index (χ4v) is 4.88. The molecule has 2 N–H and O–H groups in total. The molecule has 1 aromatic rings. The van der Waals surface area contributed by atoms with E-state index in [9.17, 15) is 19.5 Å². The number of hydrogen-bond acceptors (Lipinski definition) is 6. The fraction of sp³-hybridized carbons (Fsp3) is 0.667. The molecule has 0 radical (unpaired) electrons. The number of nitrogens with zero attached hydrogens (tertiary/aromatic N) is 3. The van der Waals surface area contributed by atoms with E-state index in [1.54, 1.807) is 21.9 Å². The summed E-state index contributed by atoms with van der Waals surface area (Å²) in [6.07, 6.45) is 5.86. The van der Waals surface area contributed by atoms with Crippen molar-refractivity contribution >= 4 is 29.3 Å². The first-order valence-corrected chi connectivity index (χ1v) is 13.3. The summed E-state index contributed by atoms with van der Waals surface area (Å²) in [6.45, 7) is 7.77. The van der Waals surface area contributed by atoms with Gasteiger partial charge in [0, 0.05) is 44.3 Å². The number of anilines is 2. The molecule has 3 fully saturated rings. The standard InChI is InChI=1S/C27H40N4O5/c1-27(2,3)36-26(35)30-14-15-31(21(17-30)18-32)25(34)22-11-10-20(28-24(33)19-8-9-19)16-23(22)29-12-6-4-5-7-13-29/h10-11,16,19,21,32H,4-9,12-15,17-18H2,1-3H3,(H,28,33). The van der Waals surface area contributed by atoms with E-state index in [0.29, 0.717) is 24.3 Å². The highest BCUT2D eigenvalue weighted by Crippen LogP contribution is 2.33. The molecule has 1 saturated carbocycles. The van der Waals surface area contributed by atoms with Crippen molar-refractivity contribution in [1.29, 1.82) is 0 Å². The number of aliphatic hydroxyl groups excluding tert-OH is 1. The van der Waals surface area contributed by atoms with Crippen molar-refractivity contribution in [3.05, 3.63) is 23.8 Å². The van der Waals surface area contributed by atoms with Crippen LogP contribution >= 0.6 is 0 Å². The van der Waals surface area contributed by atoms with Gasteiger partial charge in [0.25, 0.3) is 5.91 Å². The molecule has 36 heavy (non-hydrogen) atoms. The van der Waals surface area contributed by atoms with Gasteiger partial charge in [-0.1, -0.05) is 12.8 Å². The summed E-state index contributed by atoms with van der Waals surface area (Å²) in [7, 11) is 0. The fourth-order valence-electron chi connectivity index (χ4n) is 4.88. The van der Waals surface area contributed by atoms with E-state index in [4.69, 9.17) is 4.74 Å². The summed E-state index contributed by atoms with van der Waals surface area (Å²) in [5.74, 6) is -0.0359. The molecule has 3 amide bonds. The summed E-state index contributed by atoms with van der Waals surface area (Å²) in [6, 6.07) is 4.98. The molecule has 4 rings (SSSR count). The average molecular weight is 501 g/mol. The molecule has 198 valence electrons. The van der Waals surface area contributed by atoms with Crippen molar-refractivity contribution in [2.75, 3.05) is 49.5 Å². The smallest absolute Gasteiger partial charge is 0.410 e. The molecule has 0 spiro atoms. The Bertz CT molecular complexity index is 963. The van der Waals surface area contributed by atoms with Gasteiger partial charge >= 0.3 is 6.09 Å². The number of amides is 3. The molecule has 1 aliphatic carbocycles. The van der Waals surface area contributed by atoms with Gasteiger partial charge in [-0.15, -0.1) is 0 Å². The van der Waals surface area contributed by atoms with Crippen molar-refractivity contribution in [3.63, 3.8) is 0 Å². The number of benzene rings is 1. The maximum Gasteiger partial charge on any atom is 0.410 e. The Kier molecular flexibility index (Phi) is 8.07. The number of aliphatic hydroxyl groups is 1. The third kappa shape index (κ3) is 6.49. The summed E-state index contributed by atoms with van der Waals surface area (Å²) < 4.78 is 5.49. The number of hydrogen-bond donors (Lipinski definition) is 2. The number of carbonyl (C=O) groups is 3. The van der Waals surface area contributed by atoms with Gasteiger partial charge in [-0.05, 0) is 64.7 Å². The first-order valence-electron chi connectivity index (χ1n) is 13.3. The van der Waals surface area contributed by atoms with Crippen molar-refractivity contribution in [1.82, 2.24) is 9.80 Å². The average Bonchev–Trinajstić information content (AvgIpc) is 3.70. The second-order valence-corrected chi connectivity index (χ2v) is 11.2. The summed E-state index contributed by atoms with van der Waals surface area (Å²) in [5, 5.41) is 13.1. The molecule has 9 heteroatoms. The number of rotatable bonds is 5. The van der Waals surface area contributed by atoms with Crippen LogP contribution in [0.5, 0.6) is 0 Å². The third-order valence-corrected chi connectivity index (χ3v) is 7.00. The quantitative estimate of drug-likeness (QED) is 0.642. The highest BCUT2D eigenvalue weighted by Gasteiger charge is 2.36. The third-order valence-electron chi connectivity index (χ3n) is 7.00. The van der Waals surface area contributed by atoms with Gasteiger partial charge in [0.15, 0.2) is 0 Å². The lowest BCUT2D eigenvalue weighted by Gasteiger charge is -2.41. The lowest BCUT2D eigenvalue weighted by atomic mass is 10.1. The van der Waals surface area contributed by atoms with Gasteiger partial charge in [-0.2, -0.15) is 0 Å². The van der Waals surface area contributed by atoms with Crippen LogP contribution in [0.4, 0.5) is 16.2 Å². The zero-order valence-electron chi connectivity index (χ0n) is 21.8. The topological polar surface area (TPSA) is 102 Å². The lowest BCUT2D eigenvalue weighted by Crippen LogP contribution is -2.58. The van der Waals surface area contributed by atoms with E-state index in [0.717, 1.165) is 57.3 Å². The van der Waals surface area contributed by atoms with Gasteiger partial charge in [-0.25, -0.2) is 4.79 Å². The van der Waals surface area contributed by atoms with E-state index < -0.39 is 17.7 Å². The Morgan fingerprint density at radius 3 is 2.33 bits per heavy atom. The molecule has 3 aliphatic rings. The van der Waals surface area contributed by atoms with E-state index >= 15 is 0 Å². The minimum atomic E-state index is -0.614. The summed E-state index contributed by atoms with van der Waals surface area (Å²) >= 11 is 0. The first kappa shape index (κ1) is 26.3. The molecule has 2 heterocycles. The molecule has 1 atom stereocenters. The van der Waals surface area contributed by atoms with Crippen LogP contribution < -0.4 is 10.2 Å². The molecule has 2 saturated heterocycles. The number of ether oxygens (including phenoxy) is 1. The first-order chi connectivity index (χ1) is 17.2. The van der Waals surface area contributed by atoms with Crippen molar-refractivity contribution < 1.29 is 24.2 Å². The highest BCUT2D eigenvalue weighted by molar-refractivity contribution is 6.02. The zero-order chi connectivity index (χ0) is 25.9. The zero-order valence-corrected chi connectivity index (χ0v) is 21.8. The van der Waals surface area contributed by atoms with Crippen LogP contribution in [0.2, 0.25) is 0 Å². The predicted molar refractivity (Wildman–Crippen MR) is 138 cm³/mol. The molecule has 2 aliphatic heterocycles. The maximum absolute atomic E-state index is 13.8. The van der Waals surface area contributed by atoms with Crippen LogP contribution in [0, 0.1) is 5.92 Å². The van der Waals surface area contributed by atoms with Gasteiger partial charge in [-0.3, -0.25) is 9.59 Å². The van der Waals surface area contributed by atoms with E-state index in [-0.39, 0.29) is 30.9 Å². The normalized spacial score (nSPS) is 21.1. The Labute approximate surface area is 213 Å². The van der Waals surface area contributed by atoms with Crippen molar-refractivity contribution in [2.45, 2.75) is 70.9 Å². The monoisotopic (exact) mass is 500 g/mol. The van der Waals surface area contributed by atoms with Crippen molar-refractivity contribution in [3.8, 4) is 0 Å². The highest BCUT2D eigenvalue weighted by atomic mass is 16.6. The Morgan fingerprint density at radius 2 is 1.72 bits per heavy atom. The van der Waals surface area contributed by atoms with Gasteiger partial charge in [0.05, 0.1) is 23.9 Å². The Balaban J connectivity index is 1.55. The minimum absolute atomic E-state index is 0.0366. The van der Waals surface area contributed by atoms with Crippen LogP contribution in [-0.2, 0) is 9.53 Å².